The molecule has 1 N–H and O–H groups in total. The zero-order chi connectivity index (χ0) is 31.2. The molecule has 0 aliphatic carbocycles. The molecular weight excluding hydrogens is 534 g/mol. The molecule has 0 spiro atoms. The molecule has 2 aromatic rings. The number of likely N-dealkylation sites (N-methyl/N-ethyl adjacent to an activating group) is 1. The summed E-state index contributed by atoms with van der Waals surface area (Å²) in [6, 6.07) is 13.2. The number of rotatable bonds is 11. The van der Waals surface area contributed by atoms with Gasteiger partial charge in [0.2, 0.25) is 5.91 Å². The van der Waals surface area contributed by atoms with Crippen LogP contribution < -0.4 is 10.2 Å². The van der Waals surface area contributed by atoms with E-state index in [9.17, 15) is 19.2 Å². The molecule has 10 nitrogen and oxygen atoms in total. The van der Waals surface area contributed by atoms with Crippen molar-refractivity contribution < 1.29 is 23.9 Å². The summed E-state index contributed by atoms with van der Waals surface area (Å²) in [5.41, 5.74) is 3.61. The number of fused-ring (bicyclic) bond motifs is 1. The first-order valence-electron chi connectivity index (χ1n) is 14.4. The Bertz CT molecular complexity index is 1280. The number of aryl methyl sites for hydroxylation is 1. The molecule has 0 unspecified atom stereocenters. The first-order chi connectivity index (χ1) is 19.7. The zero-order valence-corrected chi connectivity index (χ0v) is 26.2. The molecule has 1 heterocycles. The predicted octanol–water partition coefficient (Wildman–Crippen LogP) is 4.15. The van der Waals surface area contributed by atoms with Crippen molar-refractivity contribution in [3.8, 4) is 0 Å². The third-order valence-electron chi connectivity index (χ3n) is 7.19. The molecule has 10 heteroatoms. The number of nitrogens with one attached hydrogen (secondary N) is 1. The maximum absolute atomic E-state index is 13.6. The second kappa shape index (κ2) is 13.9. The summed E-state index contributed by atoms with van der Waals surface area (Å²) in [5.74, 6) is -0.555. The highest BCUT2D eigenvalue weighted by Crippen LogP contribution is 2.24. The monoisotopic (exact) mass is 579 g/mol. The van der Waals surface area contributed by atoms with Crippen molar-refractivity contribution in [1.82, 2.24) is 20.2 Å². The van der Waals surface area contributed by atoms with Crippen LogP contribution in [0, 0.1) is 6.92 Å². The number of anilines is 1. The van der Waals surface area contributed by atoms with Gasteiger partial charge in [-0.1, -0.05) is 36.4 Å². The lowest BCUT2D eigenvalue weighted by molar-refractivity contribution is -0.145. The van der Waals surface area contributed by atoms with E-state index < -0.39 is 11.7 Å². The van der Waals surface area contributed by atoms with Gasteiger partial charge in [-0.05, 0) is 71.2 Å². The highest BCUT2D eigenvalue weighted by molar-refractivity contribution is 5.99. The molecule has 2 aromatic carbocycles. The third-order valence-corrected chi connectivity index (χ3v) is 7.19. The Hall–Kier alpha value is -3.76. The SMILES string of the molecule is CC(=O)c1ccc(C)c(N(CCN(C(=O)OC(C)(C)C)C(C)C)C(=O)CNCC(=O)N(C)N2Cc3ccccc3C2)c1. The minimum absolute atomic E-state index is 0.0224. The van der Waals surface area contributed by atoms with Gasteiger partial charge in [-0.15, -0.1) is 0 Å². The number of hydrogen-bond donors (Lipinski definition) is 1. The van der Waals surface area contributed by atoms with Crippen LogP contribution in [0.3, 0.4) is 0 Å². The Balaban J connectivity index is 1.71. The lowest BCUT2D eigenvalue weighted by Crippen LogP contribution is -2.49. The lowest BCUT2D eigenvalue weighted by Gasteiger charge is -2.33. The molecule has 1 aliphatic rings. The van der Waals surface area contributed by atoms with Crippen LogP contribution in [0.25, 0.3) is 0 Å². The maximum atomic E-state index is 13.6. The molecule has 0 saturated heterocycles. The minimum Gasteiger partial charge on any atom is -0.444 e. The Labute approximate surface area is 249 Å². The summed E-state index contributed by atoms with van der Waals surface area (Å²) in [4.78, 5) is 54.8. The van der Waals surface area contributed by atoms with Gasteiger partial charge in [0.1, 0.15) is 5.60 Å². The van der Waals surface area contributed by atoms with Crippen LogP contribution >= 0.6 is 0 Å². The first-order valence-corrected chi connectivity index (χ1v) is 14.4. The van der Waals surface area contributed by atoms with Gasteiger partial charge < -0.3 is 14.5 Å². The van der Waals surface area contributed by atoms with Crippen LogP contribution in [-0.4, -0.2) is 83.5 Å². The Kier molecular flexibility index (Phi) is 10.9. The van der Waals surface area contributed by atoms with Crippen molar-refractivity contribution in [2.45, 2.75) is 73.2 Å². The fourth-order valence-corrected chi connectivity index (χ4v) is 4.76. The molecule has 228 valence electrons. The zero-order valence-electron chi connectivity index (χ0n) is 26.2. The number of carbonyl (C=O) groups is 4. The molecule has 3 rings (SSSR count). The van der Waals surface area contributed by atoms with Gasteiger partial charge in [0, 0.05) is 50.5 Å². The summed E-state index contributed by atoms with van der Waals surface area (Å²) in [7, 11) is 1.73. The molecule has 0 aromatic heterocycles. The second-order valence-electron chi connectivity index (χ2n) is 12.0. The Morgan fingerprint density at radius 2 is 1.55 bits per heavy atom. The van der Waals surface area contributed by atoms with Crippen LogP contribution in [-0.2, 0) is 27.4 Å². The fourth-order valence-electron chi connectivity index (χ4n) is 4.76. The topological polar surface area (TPSA) is 102 Å². The second-order valence-corrected chi connectivity index (χ2v) is 12.0. The van der Waals surface area contributed by atoms with Crippen LogP contribution in [0.15, 0.2) is 42.5 Å². The number of Topliss-reactive ketones (excluding diaryl/α,β-unsaturated/α-hetero) is 1. The molecular formula is C32H45N5O5. The summed E-state index contributed by atoms with van der Waals surface area (Å²) in [6.07, 6.45) is -0.463. The van der Waals surface area contributed by atoms with E-state index in [0.717, 1.165) is 5.56 Å². The van der Waals surface area contributed by atoms with Crippen LogP contribution in [0.1, 0.15) is 68.6 Å². The average Bonchev–Trinajstić information content (AvgIpc) is 3.34. The quantitative estimate of drug-likeness (QED) is 0.399. The molecule has 1 aliphatic heterocycles. The number of ketones is 1. The lowest BCUT2D eigenvalue weighted by atomic mass is 10.1. The fraction of sp³-hybridized carbons (Fsp3) is 0.500. The summed E-state index contributed by atoms with van der Waals surface area (Å²) in [5, 5.41) is 6.56. The van der Waals surface area contributed by atoms with E-state index in [-0.39, 0.29) is 49.8 Å². The third kappa shape index (κ3) is 8.62. The van der Waals surface area contributed by atoms with Gasteiger partial charge in [0.25, 0.3) is 5.91 Å². The van der Waals surface area contributed by atoms with Crippen LogP contribution in [0.4, 0.5) is 10.5 Å². The molecule has 0 atom stereocenters. The standard InChI is InChI=1S/C32H45N5O5/c1-22(2)36(31(41)42-32(5,6)7)15-16-37(28-17-25(24(4)38)14-13-23(28)3)30(40)19-33-18-29(39)34(8)35-20-26-11-9-10-12-27(26)21-35/h9-14,17,22,33H,15-16,18-21H2,1-8H3. The predicted molar refractivity (Wildman–Crippen MR) is 163 cm³/mol. The van der Waals surface area contributed by atoms with Crippen molar-refractivity contribution >= 4 is 29.4 Å². The van der Waals surface area contributed by atoms with E-state index in [2.05, 4.69) is 17.4 Å². The number of amides is 3. The van der Waals surface area contributed by atoms with Crippen molar-refractivity contribution in [3.63, 3.8) is 0 Å². The van der Waals surface area contributed by atoms with E-state index in [1.807, 2.05) is 58.7 Å². The highest BCUT2D eigenvalue weighted by Gasteiger charge is 2.28. The summed E-state index contributed by atoms with van der Waals surface area (Å²) >= 11 is 0. The van der Waals surface area contributed by atoms with E-state index in [0.29, 0.717) is 24.3 Å². The maximum Gasteiger partial charge on any atom is 0.410 e. The van der Waals surface area contributed by atoms with E-state index in [1.54, 1.807) is 40.1 Å². The van der Waals surface area contributed by atoms with Crippen molar-refractivity contribution in [2.75, 3.05) is 38.1 Å². The van der Waals surface area contributed by atoms with Crippen molar-refractivity contribution in [1.29, 1.82) is 0 Å². The van der Waals surface area contributed by atoms with Gasteiger partial charge in [-0.2, -0.15) is 0 Å². The van der Waals surface area contributed by atoms with Gasteiger partial charge in [-0.3, -0.25) is 24.7 Å². The molecule has 0 radical (unpaired) electrons. The highest BCUT2D eigenvalue weighted by atomic mass is 16.6. The smallest absolute Gasteiger partial charge is 0.410 e. The molecule has 0 saturated carbocycles. The normalized spacial score (nSPS) is 13.1. The van der Waals surface area contributed by atoms with Crippen molar-refractivity contribution in [2.24, 2.45) is 0 Å². The number of carbonyl (C=O) groups excluding carboxylic acids is 4. The Morgan fingerprint density at radius 3 is 2.10 bits per heavy atom. The van der Waals surface area contributed by atoms with Crippen molar-refractivity contribution in [3.05, 3.63) is 64.7 Å². The van der Waals surface area contributed by atoms with Gasteiger partial charge in [-0.25, -0.2) is 9.80 Å². The molecule has 0 bridgehead atoms. The number of hydrogen-bond acceptors (Lipinski definition) is 7. The molecule has 42 heavy (non-hydrogen) atoms. The van der Waals surface area contributed by atoms with E-state index in [4.69, 9.17) is 4.74 Å². The number of hydrazine groups is 1. The summed E-state index contributed by atoms with van der Waals surface area (Å²) in [6.45, 7) is 14.1. The van der Waals surface area contributed by atoms with Crippen LogP contribution in [0.5, 0.6) is 0 Å². The number of nitrogens with zero attached hydrogens (tertiary/aromatic N) is 4. The van der Waals surface area contributed by atoms with Crippen LogP contribution in [0.2, 0.25) is 0 Å². The van der Waals surface area contributed by atoms with Gasteiger partial charge in [0.05, 0.1) is 13.1 Å². The minimum atomic E-state index is -0.659. The summed E-state index contributed by atoms with van der Waals surface area (Å²) < 4.78 is 5.59. The molecule has 3 amide bonds. The van der Waals surface area contributed by atoms with Gasteiger partial charge in [0.15, 0.2) is 5.78 Å². The number of benzene rings is 2. The van der Waals surface area contributed by atoms with Gasteiger partial charge >= 0.3 is 6.09 Å². The number of ether oxygens (including phenoxy) is 1. The molecule has 0 fully saturated rings. The average molecular weight is 580 g/mol. The largest absolute Gasteiger partial charge is 0.444 e. The Morgan fingerprint density at radius 1 is 0.952 bits per heavy atom. The van der Waals surface area contributed by atoms with E-state index >= 15 is 0 Å². The first kappa shape index (κ1) is 32.8. The van der Waals surface area contributed by atoms with E-state index in [1.165, 1.54) is 18.1 Å².